The second kappa shape index (κ2) is 6.44. The smallest absolute Gasteiger partial charge is 0.178 e. The van der Waals surface area contributed by atoms with E-state index < -0.39 is 0 Å². The van der Waals surface area contributed by atoms with Crippen LogP contribution < -0.4 is 0 Å². The molecule has 1 aromatic heterocycles. The number of rotatable bonds is 5. The number of hydrogen-bond donors (Lipinski definition) is 1. The van der Waals surface area contributed by atoms with Crippen LogP contribution >= 0.6 is 0 Å². The van der Waals surface area contributed by atoms with Gasteiger partial charge < -0.3 is 4.98 Å². The molecule has 0 amide bonds. The molecule has 1 saturated heterocycles. The second-order valence-electron chi connectivity index (χ2n) is 6.08. The lowest BCUT2D eigenvalue weighted by molar-refractivity contribution is 0.0832. The van der Waals surface area contributed by atoms with Crippen LogP contribution in [0.1, 0.15) is 49.4 Å². The van der Waals surface area contributed by atoms with Crippen molar-refractivity contribution in [1.82, 2.24) is 9.88 Å². The Morgan fingerprint density at radius 1 is 1.33 bits per heavy atom. The fraction of sp³-hybridized carbons (Fsp3) is 0.500. The van der Waals surface area contributed by atoms with Gasteiger partial charge in [0.2, 0.25) is 0 Å². The summed E-state index contributed by atoms with van der Waals surface area (Å²) in [4.78, 5) is 18.3. The summed E-state index contributed by atoms with van der Waals surface area (Å²) >= 11 is 0. The molecule has 112 valence electrons. The molecule has 1 aliphatic heterocycles. The van der Waals surface area contributed by atoms with E-state index in [0.29, 0.717) is 12.6 Å². The number of ketones is 1. The SMILES string of the molecule is CCCC1CCCCN1CC(=O)c1c[nH]c2ccccc12. The van der Waals surface area contributed by atoms with Crippen molar-refractivity contribution in [3.8, 4) is 0 Å². The molecule has 3 heteroatoms. The Balaban J connectivity index is 1.76. The number of likely N-dealkylation sites (tertiary alicyclic amines) is 1. The predicted octanol–water partition coefficient (Wildman–Crippen LogP) is 4.01. The molecule has 0 saturated carbocycles. The van der Waals surface area contributed by atoms with Crippen molar-refractivity contribution in [2.75, 3.05) is 13.1 Å². The summed E-state index contributed by atoms with van der Waals surface area (Å²) < 4.78 is 0. The van der Waals surface area contributed by atoms with Gasteiger partial charge in [-0.3, -0.25) is 9.69 Å². The number of para-hydroxylation sites is 1. The van der Waals surface area contributed by atoms with Crippen LogP contribution in [0.25, 0.3) is 10.9 Å². The Bertz CT molecular complexity index is 614. The van der Waals surface area contributed by atoms with E-state index in [4.69, 9.17) is 0 Å². The van der Waals surface area contributed by atoms with Gasteiger partial charge in [-0.25, -0.2) is 0 Å². The number of Topliss-reactive ketones (excluding diaryl/α,β-unsaturated/α-hetero) is 1. The number of aromatic nitrogens is 1. The molecule has 3 nitrogen and oxygen atoms in total. The number of nitrogens with one attached hydrogen (secondary N) is 1. The van der Waals surface area contributed by atoms with Crippen LogP contribution in [0.3, 0.4) is 0 Å². The molecule has 1 atom stereocenters. The molecule has 0 radical (unpaired) electrons. The molecule has 1 aromatic carbocycles. The van der Waals surface area contributed by atoms with Crippen molar-refractivity contribution in [3.05, 3.63) is 36.0 Å². The van der Waals surface area contributed by atoms with Crippen molar-refractivity contribution in [3.63, 3.8) is 0 Å². The number of hydrogen-bond acceptors (Lipinski definition) is 2. The maximum atomic E-state index is 12.7. The van der Waals surface area contributed by atoms with Gasteiger partial charge in [0, 0.05) is 28.7 Å². The zero-order valence-corrected chi connectivity index (χ0v) is 12.8. The largest absolute Gasteiger partial charge is 0.360 e. The van der Waals surface area contributed by atoms with Crippen LogP contribution in [-0.2, 0) is 0 Å². The van der Waals surface area contributed by atoms with Gasteiger partial charge in [0.15, 0.2) is 5.78 Å². The summed E-state index contributed by atoms with van der Waals surface area (Å²) in [7, 11) is 0. The number of fused-ring (bicyclic) bond motifs is 1. The summed E-state index contributed by atoms with van der Waals surface area (Å²) in [6.07, 6.45) is 8.05. The van der Waals surface area contributed by atoms with Gasteiger partial charge in [-0.2, -0.15) is 0 Å². The topological polar surface area (TPSA) is 36.1 Å². The molecule has 1 N–H and O–H groups in total. The number of piperidine rings is 1. The highest BCUT2D eigenvalue weighted by Crippen LogP contribution is 2.23. The van der Waals surface area contributed by atoms with Crippen molar-refractivity contribution in [1.29, 1.82) is 0 Å². The fourth-order valence-corrected chi connectivity index (χ4v) is 3.50. The highest BCUT2D eigenvalue weighted by Gasteiger charge is 2.24. The first-order chi connectivity index (χ1) is 10.3. The summed E-state index contributed by atoms with van der Waals surface area (Å²) in [6.45, 7) is 3.86. The van der Waals surface area contributed by atoms with E-state index in [9.17, 15) is 4.79 Å². The third kappa shape index (κ3) is 3.03. The average Bonchev–Trinajstić information content (AvgIpc) is 2.93. The molecule has 1 unspecified atom stereocenters. The summed E-state index contributed by atoms with van der Waals surface area (Å²) in [5, 5.41) is 1.05. The standard InChI is InChI=1S/C18H24N2O/c1-2-7-14-8-5-6-11-20(14)13-18(21)16-12-19-17-10-4-3-9-15(16)17/h3-4,9-10,12,14,19H,2,5-8,11,13H2,1H3. The molecular weight excluding hydrogens is 260 g/mol. The Labute approximate surface area is 126 Å². The van der Waals surface area contributed by atoms with Crippen LogP contribution in [0, 0.1) is 0 Å². The molecule has 0 aliphatic carbocycles. The minimum atomic E-state index is 0.246. The van der Waals surface area contributed by atoms with Gasteiger partial charge in [-0.05, 0) is 31.9 Å². The highest BCUT2D eigenvalue weighted by molar-refractivity contribution is 6.08. The fourth-order valence-electron chi connectivity index (χ4n) is 3.50. The van der Waals surface area contributed by atoms with Crippen LogP contribution in [-0.4, -0.2) is 34.8 Å². The van der Waals surface area contributed by atoms with E-state index in [0.717, 1.165) is 23.0 Å². The monoisotopic (exact) mass is 284 g/mol. The number of aromatic amines is 1. The number of benzene rings is 1. The maximum absolute atomic E-state index is 12.7. The van der Waals surface area contributed by atoms with Crippen LogP contribution in [0.4, 0.5) is 0 Å². The van der Waals surface area contributed by atoms with Gasteiger partial charge in [0.05, 0.1) is 6.54 Å². The quantitative estimate of drug-likeness (QED) is 0.842. The third-order valence-corrected chi connectivity index (χ3v) is 4.61. The number of nitrogens with zero attached hydrogens (tertiary/aromatic N) is 1. The maximum Gasteiger partial charge on any atom is 0.178 e. The van der Waals surface area contributed by atoms with Gasteiger partial charge >= 0.3 is 0 Å². The van der Waals surface area contributed by atoms with E-state index in [1.165, 1.54) is 32.1 Å². The zero-order chi connectivity index (χ0) is 14.7. The minimum Gasteiger partial charge on any atom is -0.360 e. The summed E-state index contributed by atoms with van der Waals surface area (Å²) in [5.41, 5.74) is 1.89. The molecule has 0 spiro atoms. The Kier molecular flexibility index (Phi) is 4.39. The molecule has 2 heterocycles. The Morgan fingerprint density at radius 3 is 3.05 bits per heavy atom. The van der Waals surface area contributed by atoms with Crippen molar-refractivity contribution < 1.29 is 4.79 Å². The molecule has 21 heavy (non-hydrogen) atoms. The van der Waals surface area contributed by atoms with E-state index in [2.05, 4.69) is 16.8 Å². The van der Waals surface area contributed by atoms with Crippen molar-refractivity contribution in [2.45, 2.75) is 45.1 Å². The van der Waals surface area contributed by atoms with Crippen molar-refractivity contribution >= 4 is 16.7 Å². The van der Waals surface area contributed by atoms with E-state index >= 15 is 0 Å². The van der Waals surface area contributed by atoms with Gasteiger partial charge in [0.1, 0.15) is 0 Å². The van der Waals surface area contributed by atoms with Crippen LogP contribution in [0.2, 0.25) is 0 Å². The molecular formula is C18H24N2O. The van der Waals surface area contributed by atoms with Gasteiger partial charge in [-0.15, -0.1) is 0 Å². The molecule has 1 fully saturated rings. The van der Waals surface area contributed by atoms with E-state index in [-0.39, 0.29) is 5.78 Å². The second-order valence-corrected chi connectivity index (χ2v) is 6.08. The highest BCUT2D eigenvalue weighted by atomic mass is 16.1. The first-order valence-corrected chi connectivity index (χ1v) is 8.13. The number of carbonyl (C=O) groups is 1. The lowest BCUT2D eigenvalue weighted by Gasteiger charge is -2.35. The predicted molar refractivity (Wildman–Crippen MR) is 86.7 cm³/mol. The van der Waals surface area contributed by atoms with Crippen LogP contribution in [0.15, 0.2) is 30.5 Å². The average molecular weight is 284 g/mol. The number of carbonyl (C=O) groups excluding carboxylic acids is 1. The molecule has 1 aliphatic rings. The summed E-state index contributed by atoms with van der Waals surface area (Å²) in [6, 6.07) is 8.63. The molecule has 2 aromatic rings. The molecule has 3 rings (SSSR count). The number of H-pyrrole nitrogens is 1. The van der Waals surface area contributed by atoms with Gasteiger partial charge in [-0.1, -0.05) is 38.0 Å². The summed E-state index contributed by atoms with van der Waals surface area (Å²) in [5.74, 6) is 0.246. The van der Waals surface area contributed by atoms with Gasteiger partial charge in [0.25, 0.3) is 0 Å². The Morgan fingerprint density at radius 2 is 2.19 bits per heavy atom. The Hall–Kier alpha value is -1.61. The first kappa shape index (κ1) is 14.3. The van der Waals surface area contributed by atoms with E-state index in [1.54, 1.807) is 0 Å². The van der Waals surface area contributed by atoms with Crippen LogP contribution in [0.5, 0.6) is 0 Å². The lowest BCUT2D eigenvalue weighted by atomic mass is 9.97. The van der Waals surface area contributed by atoms with Crippen molar-refractivity contribution in [2.24, 2.45) is 0 Å². The lowest BCUT2D eigenvalue weighted by Crippen LogP contribution is -2.42. The minimum absolute atomic E-state index is 0.246. The normalized spacial score (nSPS) is 20.0. The van der Waals surface area contributed by atoms with E-state index in [1.807, 2.05) is 30.5 Å². The zero-order valence-electron chi connectivity index (χ0n) is 12.8. The molecule has 0 bridgehead atoms. The first-order valence-electron chi connectivity index (χ1n) is 8.13. The third-order valence-electron chi connectivity index (χ3n) is 4.61.